The Morgan fingerprint density at radius 1 is 1.12 bits per heavy atom. The van der Waals surface area contributed by atoms with Crippen molar-refractivity contribution in [2.75, 3.05) is 19.8 Å². The highest BCUT2D eigenvalue weighted by Gasteiger charge is 2.34. The van der Waals surface area contributed by atoms with Gasteiger partial charge in [0.25, 0.3) is 0 Å². The fourth-order valence-electron chi connectivity index (χ4n) is 3.08. The molecule has 0 saturated carbocycles. The molecule has 1 aliphatic heterocycles. The van der Waals surface area contributed by atoms with Crippen LogP contribution >= 0.6 is 11.3 Å². The van der Waals surface area contributed by atoms with E-state index in [0.717, 1.165) is 11.3 Å². The molecule has 0 spiro atoms. The van der Waals surface area contributed by atoms with Gasteiger partial charge in [0.1, 0.15) is 10.8 Å². The molecule has 33 heavy (non-hydrogen) atoms. The van der Waals surface area contributed by atoms with Gasteiger partial charge in [-0.15, -0.1) is 11.3 Å². The van der Waals surface area contributed by atoms with Gasteiger partial charge in [0, 0.05) is 6.54 Å². The third-order valence-electron chi connectivity index (χ3n) is 4.54. The van der Waals surface area contributed by atoms with E-state index in [4.69, 9.17) is 9.47 Å². The number of benzene rings is 1. The molecule has 2 amide bonds. The summed E-state index contributed by atoms with van der Waals surface area (Å²) in [5, 5.41) is 6.81. The molecule has 2 heterocycles. The summed E-state index contributed by atoms with van der Waals surface area (Å²) in [5.41, 5.74) is 0.870. The maximum Gasteiger partial charge on any atom is 0.338 e. The van der Waals surface area contributed by atoms with E-state index in [1.807, 2.05) is 0 Å². The minimum Gasteiger partial charge on any atom is -0.463 e. The number of carbonyl (C=O) groups excluding carboxylic acids is 3. The first-order valence-electron chi connectivity index (χ1n) is 10.0. The molecule has 3 N–H and O–H groups in total. The lowest BCUT2D eigenvalue weighted by molar-refractivity contribution is -0.143. The van der Waals surface area contributed by atoms with E-state index in [-0.39, 0.29) is 41.7 Å². The molecule has 0 aliphatic carbocycles. The number of sulfonamides is 1. The first-order chi connectivity index (χ1) is 15.8. The van der Waals surface area contributed by atoms with Gasteiger partial charge in [-0.3, -0.25) is 4.79 Å². The van der Waals surface area contributed by atoms with Crippen molar-refractivity contribution >= 4 is 39.3 Å². The quantitative estimate of drug-likeness (QED) is 0.429. The average Bonchev–Trinajstić information content (AvgIpc) is 3.34. The summed E-state index contributed by atoms with van der Waals surface area (Å²) in [6.07, 6.45) is -0.235. The van der Waals surface area contributed by atoms with Crippen molar-refractivity contribution in [3.05, 3.63) is 64.7 Å². The molecule has 0 radical (unpaired) electrons. The molecule has 1 aromatic carbocycles. The summed E-state index contributed by atoms with van der Waals surface area (Å²) in [7, 11) is -3.69. The lowest BCUT2D eigenvalue weighted by Gasteiger charge is -2.29. The molecule has 0 saturated heterocycles. The van der Waals surface area contributed by atoms with Crippen LogP contribution in [0.5, 0.6) is 0 Å². The van der Waals surface area contributed by atoms with Gasteiger partial charge in [0.05, 0.1) is 30.3 Å². The number of carbonyl (C=O) groups is 3. The average molecular weight is 494 g/mol. The summed E-state index contributed by atoms with van der Waals surface area (Å²) in [6.45, 7) is 1.22. The van der Waals surface area contributed by atoms with Crippen LogP contribution in [0.15, 0.2) is 63.3 Å². The second kappa shape index (κ2) is 11.1. The van der Waals surface area contributed by atoms with E-state index in [0.29, 0.717) is 5.56 Å². The largest absolute Gasteiger partial charge is 0.463 e. The Balaban J connectivity index is 1.68. The number of ether oxygens (including phenoxy) is 2. The number of hydrogen-bond acceptors (Lipinski definition) is 8. The summed E-state index contributed by atoms with van der Waals surface area (Å²) < 4.78 is 37.0. The smallest absolute Gasteiger partial charge is 0.338 e. The SMILES string of the molecule is CCOC(=O)C1=C(COC(=O)CCNS(=O)(=O)c2cccs2)NC(=O)NC1c1ccccc1. The van der Waals surface area contributed by atoms with Gasteiger partial charge >= 0.3 is 18.0 Å². The summed E-state index contributed by atoms with van der Waals surface area (Å²) >= 11 is 1.06. The molecule has 3 rings (SSSR count). The number of thiophene rings is 1. The molecule has 1 atom stereocenters. The zero-order valence-electron chi connectivity index (χ0n) is 17.7. The molecular weight excluding hydrogens is 470 g/mol. The normalized spacial score (nSPS) is 16.0. The summed E-state index contributed by atoms with van der Waals surface area (Å²) in [6, 6.07) is 10.5. The minimum atomic E-state index is -3.69. The Bertz CT molecular complexity index is 1130. The molecule has 0 bridgehead atoms. The van der Waals surface area contributed by atoms with E-state index in [1.54, 1.807) is 48.7 Å². The molecule has 176 valence electrons. The molecule has 12 heteroatoms. The first kappa shape index (κ1) is 24.4. The molecule has 2 aromatic rings. The Kier molecular flexibility index (Phi) is 8.20. The minimum absolute atomic E-state index is 0.0959. The van der Waals surface area contributed by atoms with Crippen LogP contribution in [0, 0.1) is 0 Å². The van der Waals surface area contributed by atoms with Gasteiger partial charge in [0.15, 0.2) is 0 Å². The monoisotopic (exact) mass is 493 g/mol. The van der Waals surface area contributed by atoms with Crippen molar-refractivity contribution in [1.82, 2.24) is 15.4 Å². The van der Waals surface area contributed by atoms with Gasteiger partial charge in [-0.05, 0) is 23.9 Å². The van der Waals surface area contributed by atoms with Crippen molar-refractivity contribution in [3.8, 4) is 0 Å². The van der Waals surface area contributed by atoms with Crippen LogP contribution in [0.3, 0.4) is 0 Å². The predicted molar refractivity (Wildman–Crippen MR) is 120 cm³/mol. The van der Waals surface area contributed by atoms with E-state index in [1.165, 1.54) is 6.07 Å². The van der Waals surface area contributed by atoms with Crippen LogP contribution in [0.4, 0.5) is 4.79 Å². The lowest BCUT2D eigenvalue weighted by atomic mass is 9.95. The fraction of sp³-hybridized carbons (Fsp3) is 0.286. The van der Waals surface area contributed by atoms with E-state index in [2.05, 4.69) is 15.4 Å². The van der Waals surface area contributed by atoms with Gasteiger partial charge in [-0.2, -0.15) is 0 Å². The van der Waals surface area contributed by atoms with Crippen molar-refractivity contribution in [1.29, 1.82) is 0 Å². The highest BCUT2D eigenvalue weighted by Crippen LogP contribution is 2.27. The first-order valence-corrected chi connectivity index (χ1v) is 12.4. The van der Waals surface area contributed by atoms with Crippen molar-refractivity contribution in [2.24, 2.45) is 0 Å². The van der Waals surface area contributed by atoms with Gasteiger partial charge in [0.2, 0.25) is 10.0 Å². The van der Waals surface area contributed by atoms with Crippen LogP contribution in [0.2, 0.25) is 0 Å². The van der Waals surface area contributed by atoms with E-state index < -0.39 is 34.0 Å². The Morgan fingerprint density at radius 2 is 1.88 bits per heavy atom. The third-order valence-corrected chi connectivity index (χ3v) is 7.40. The number of urea groups is 1. The molecular formula is C21H23N3O7S2. The Labute approximate surface area is 195 Å². The topological polar surface area (TPSA) is 140 Å². The van der Waals surface area contributed by atoms with Gasteiger partial charge in [-0.25, -0.2) is 22.7 Å². The lowest BCUT2D eigenvalue weighted by Crippen LogP contribution is -2.47. The fourth-order valence-corrected chi connectivity index (χ4v) is 5.15. The van der Waals surface area contributed by atoms with E-state index >= 15 is 0 Å². The molecule has 1 unspecified atom stereocenters. The van der Waals surface area contributed by atoms with Crippen LogP contribution in [-0.2, 0) is 29.1 Å². The van der Waals surface area contributed by atoms with Crippen LogP contribution in [0.25, 0.3) is 0 Å². The van der Waals surface area contributed by atoms with Gasteiger partial charge in [-0.1, -0.05) is 36.4 Å². The number of amides is 2. The number of rotatable bonds is 10. The number of nitrogens with one attached hydrogen (secondary N) is 3. The maximum absolute atomic E-state index is 12.7. The maximum atomic E-state index is 12.7. The molecule has 10 nitrogen and oxygen atoms in total. The number of esters is 2. The predicted octanol–water partition coefficient (Wildman–Crippen LogP) is 1.83. The van der Waals surface area contributed by atoms with Crippen LogP contribution in [-0.4, -0.2) is 46.1 Å². The van der Waals surface area contributed by atoms with Gasteiger partial charge < -0.3 is 20.1 Å². The van der Waals surface area contributed by atoms with Crippen LogP contribution < -0.4 is 15.4 Å². The zero-order chi connectivity index (χ0) is 23.8. The second-order valence-corrected chi connectivity index (χ2v) is 9.74. The number of hydrogen-bond donors (Lipinski definition) is 3. The Hall–Kier alpha value is -3.22. The molecule has 0 fully saturated rings. The van der Waals surface area contributed by atoms with Crippen molar-refractivity contribution < 1.29 is 32.3 Å². The Morgan fingerprint density at radius 3 is 2.55 bits per heavy atom. The molecule has 1 aliphatic rings. The van der Waals surface area contributed by atoms with E-state index in [9.17, 15) is 22.8 Å². The third kappa shape index (κ3) is 6.40. The molecule has 1 aromatic heterocycles. The highest BCUT2D eigenvalue weighted by molar-refractivity contribution is 7.91. The second-order valence-electron chi connectivity index (χ2n) is 6.80. The summed E-state index contributed by atoms with van der Waals surface area (Å²) in [4.78, 5) is 37.0. The van der Waals surface area contributed by atoms with Crippen molar-refractivity contribution in [3.63, 3.8) is 0 Å². The standard InChI is InChI=1S/C21H23N3O7S2/c1-2-30-20(26)18-15(23-21(27)24-19(18)14-7-4-3-5-8-14)13-31-16(25)10-11-22-33(28,29)17-9-6-12-32-17/h3-9,12,19,22H,2,10-11,13H2,1H3,(H2,23,24,27). The zero-order valence-corrected chi connectivity index (χ0v) is 19.3. The van der Waals surface area contributed by atoms with Crippen LogP contribution in [0.1, 0.15) is 24.9 Å². The highest BCUT2D eigenvalue weighted by atomic mass is 32.2. The van der Waals surface area contributed by atoms with Crippen molar-refractivity contribution in [2.45, 2.75) is 23.6 Å². The summed E-state index contributed by atoms with van der Waals surface area (Å²) in [5.74, 6) is -1.36.